The van der Waals surface area contributed by atoms with Crippen LogP contribution in [0.15, 0.2) is 12.1 Å². The molecule has 2 rings (SSSR count). The van der Waals surface area contributed by atoms with Crippen LogP contribution in [-0.4, -0.2) is 36.2 Å². The van der Waals surface area contributed by atoms with Crippen molar-refractivity contribution in [2.45, 2.75) is 33.2 Å². The maximum Gasteiger partial charge on any atom is 0.307 e. The van der Waals surface area contributed by atoms with Crippen LogP contribution in [0.5, 0.6) is 5.75 Å². The summed E-state index contributed by atoms with van der Waals surface area (Å²) in [5, 5.41) is 9.14. The van der Waals surface area contributed by atoms with Crippen molar-refractivity contribution in [1.82, 2.24) is 4.90 Å². The van der Waals surface area contributed by atoms with E-state index < -0.39 is 5.97 Å². The maximum absolute atomic E-state index is 11.1. The Bertz CT molecular complexity index is 475. The van der Waals surface area contributed by atoms with Crippen molar-refractivity contribution in [3.63, 3.8) is 0 Å². The third-order valence-corrected chi connectivity index (χ3v) is 3.99. The van der Waals surface area contributed by atoms with E-state index >= 15 is 0 Å². The second kappa shape index (κ2) is 6.27. The molecule has 1 aliphatic heterocycles. The van der Waals surface area contributed by atoms with Crippen LogP contribution in [0.4, 0.5) is 0 Å². The number of carboxylic acid groups (broad SMARTS) is 1. The fraction of sp³-hybridized carbons (Fsp3) is 0.562. The molecule has 1 aliphatic rings. The zero-order chi connectivity index (χ0) is 14.7. The minimum absolute atomic E-state index is 0.218. The van der Waals surface area contributed by atoms with Crippen molar-refractivity contribution >= 4 is 5.97 Å². The molecule has 1 unspecified atom stereocenters. The molecular weight excluding hydrogens is 254 g/mol. The Morgan fingerprint density at radius 1 is 1.40 bits per heavy atom. The van der Waals surface area contributed by atoms with Crippen LogP contribution in [0.25, 0.3) is 0 Å². The minimum atomic E-state index is -0.670. The summed E-state index contributed by atoms with van der Waals surface area (Å²) in [5.74, 6) is 0.0526. The molecule has 1 heterocycles. The van der Waals surface area contributed by atoms with Crippen molar-refractivity contribution in [3.05, 3.63) is 28.8 Å². The average Bonchev–Trinajstić information content (AvgIpc) is 2.38. The van der Waals surface area contributed by atoms with E-state index in [9.17, 15) is 4.79 Å². The van der Waals surface area contributed by atoms with Gasteiger partial charge in [-0.25, -0.2) is 0 Å². The Labute approximate surface area is 120 Å². The number of rotatable bonds is 4. The molecule has 4 nitrogen and oxygen atoms in total. The van der Waals surface area contributed by atoms with Gasteiger partial charge in [0.1, 0.15) is 5.75 Å². The molecule has 0 bridgehead atoms. The molecule has 1 aromatic carbocycles. The molecule has 110 valence electrons. The second-order valence-electron chi connectivity index (χ2n) is 5.68. The number of hydrogen-bond donors (Lipinski definition) is 1. The van der Waals surface area contributed by atoms with Crippen LogP contribution in [-0.2, 0) is 11.3 Å². The van der Waals surface area contributed by atoms with Gasteiger partial charge < -0.3 is 9.84 Å². The molecule has 0 amide bonds. The molecular formula is C16H23NO3. The molecule has 0 spiro atoms. The van der Waals surface area contributed by atoms with Gasteiger partial charge in [0.05, 0.1) is 13.0 Å². The average molecular weight is 277 g/mol. The fourth-order valence-electron chi connectivity index (χ4n) is 3.11. The van der Waals surface area contributed by atoms with E-state index in [0.717, 1.165) is 42.8 Å². The van der Waals surface area contributed by atoms with Gasteiger partial charge in [0.25, 0.3) is 0 Å². The number of hydrogen-bond acceptors (Lipinski definition) is 3. The molecule has 1 atom stereocenters. The summed E-state index contributed by atoms with van der Waals surface area (Å²) in [6.07, 6.45) is 1.76. The first-order valence-electron chi connectivity index (χ1n) is 7.10. The van der Waals surface area contributed by atoms with E-state index in [0.29, 0.717) is 6.54 Å². The number of ether oxygens (including phenoxy) is 1. The lowest BCUT2D eigenvalue weighted by Crippen LogP contribution is -2.38. The molecule has 1 aromatic rings. The fourth-order valence-corrected chi connectivity index (χ4v) is 3.11. The number of carboxylic acids is 1. The maximum atomic E-state index is 11.1. The van der Waals surface area contributed by atoms with E-state index in [4.69, 9.17) is 9.84 Å². The largest absolute Gasteiger partial charge is 0.496 e. The molecule has 1 saturated heterocycles. The van der Waals surface area contributed by atoms with Crippen molar-refractivity contribution in [2.24, 2.45) is 5.92 Å². The quantitative estimate of drug-likeness (QED) is 0.919. The monoisotopic (exact) mass is 277 g/mol. The number of aryl methyl sites for hydroxylation is 2. The van der Waals surface area contributed by atoms with Gasteiger partial charge in [0.15, 0.2) is 0 Å². The van der Waals surface area contributed by atoms with Crippen LogP contribution in [0.2, 0.25) is 0 Å². The Balaban J connectivity index is 2.08. The van der Waals surface area contributed by atoms with Crippen LogP contribution in [0, 0.1) is 19.8 Å². The molecule has 0 aromatic heterocycles. The van der Waals surface area contributed by atoms with Crippen LogP contribution < -0.4 is 4.74 Å². The Morgan fingerprint density at radius 2 is 2.05 bits per heavy atom. The van der Waals surface area contributed by atoms with Crippen LogP contribution in [0.1, 0.15) is 29.5 Å². The van der Waals surface area contributed by atoms with Crippen LogP contribution >= 0.6 is 0 Å². The first kappa shape index (κ1) is 14.9. The lowest BCUT2D eigenvalue weighted by molar-refractivity contribution is -0.143. The van der Waals surface area contributed by atoms with Crippen molar-refractivity contribution in [2.75, 3.05) is 20.2 Å². The number of likely N-dealkylation sites (tertiary alicyclic amines) is 1. The summed E-state index contributed by atoms with van der Waals surface area (Å²) in [7, 11) is 1.69. The van der Waals surface area contributed by atoms with E-state index in [1.54, 1.807) is 7.11 Å². The Hall–Kier alpha value is -1.55. The molecule has 0 aliphatic carbocycles. The number of methoxy groups -OCH3 is 1. The number of piperidine rings is 1. The summed E-state index contributed by atoms with van der Waals surface area (Å²) >= 11 is 0. The van der Waals surface area contributed by atoms with Crippen molar-refractivity contribution in [3.8, 4) is 5.75 Å². The Morgan fingerprint density at radius 3 is 2.60 bits per heavy atom. The number of benzene rings is 1. The summed E-state index contributed by atoms with van der Waals surface area (Å²) in [5.41, 5.74) is 3.50. The van der Waals surface area contributed by atoms with E-state index in [1.165, 1.54) is 5.56 Å². The normalized spacial score (nSPS) is 19.9. The summed E-state index contributed by atoms with van der Waals surface area (Å²) in [4.78, 5) is 13.3. The summed E-state index contributed by atoms with van der Waals surface area (Å²) in [6.45, 7) is 6.54. The van der Waals surface area contributed by atoms with Gasteiger partial charge in [0.2, 0.25) is 0 Å². The number of nitrogens with zero attached hydrogens (tertiary/aromatic N) is 1. The highest BCUT2D eigenvalue weighted by Crippen LogP contribution is 2.26. The third-order valence-electron chi connectivity index (χ3n) is 3.99. The highest BCUT2D eigenvalue weighted by molar-refractivity contribution is 5.70. The minimum Gasteiger partial charge on any atom is -0.496 e. The number of aliphatic carboxylic acids is 1. The van der Waals surface area contributed by atoms with Gasteiger partial charge in [-0.05, 0) is 49.9 Å². The summed E-state index contributed by atoms with van der Waals surface area (Å²) < 4.78 is 5.38. The summed E-state index contributed by atoms with van der Waals surface area (Å²) in [6, 6.07) is 4.27. The second-order valence-corrected chi connectivity index (χ2v) is 5.68. The first-order valence-corrected chi connectivity index (χ1v) is 7.10. The topological polar surface area (TPSA) is 49.8 Å². The van der Waals surface area contributed by atoms with E-state index in [1.807, 2.05) is 13.8 Å². The van der Waals surface area contributed by atoms with Crippen molar-refractivity contribution in [1.29, 1.82) is 0 Å². The van der Waals surface area contributed by atoms with Crippen molar-refractivity contribution < 1.29 is 14.6 Å². The molecule has 0 radical (unpaired) electrons. The zero-order valence-electron chi connectivity index (χ0n) is 12.5. The highest BCUT2D eigenvalue weighted by Gasteiger charge is 2.25. The molecule has 4 heteroatoms. The first-order chi connectivity index (χ1) is 9.51. The lowest BCUT2D eigenvalue weighted by Gasteiger charge is -2.30. The zero-order valence-corrected chi connectivity index (χ0v) is 12.5. The standard InChI is InChI=1S/C16H23NO3/c1-11-7-13(8-12(2)15(11)20-3)9-17-6-4-5-14(10-17)16(18)19/h7-8,14H,4-6,9-10H2,1-3H3,(H,18,19). The van der Waals surface area contributed by atoms with E-state index in [-0.39, 0.29) is 5.92 Å². The SMILES string of the molecule is COc1c(C)cc(CN2CCCC(C(=O)O)C2)cc1C. The van der Waals surface area contributed by atoms with Gasteiger partial charge in [0, 0.05) is 13.1 Å². The smallest absolute Gasteiger partial charge is 0.307 e. The molecule has 20 heavy (non-hydrogen) atoms. The lowest BCUT2D eigenvalue weighted by atomic mass is 9.97. The Kier molecular flexibility index (Phi) is 4.65. The molecule has 1 N–H and O–H groups in total. The molecule has 1 fully saturated rings. The molecule has 0 saturated carbocycles. The predicted octanol–water partition coefficient (Wildman–Crippen LogP) is 2.61. The van der Waals surface area contributed by atoms with Gasteiger partial charge in [-0.3, -0.25) is 9.69 Å². The van der Waals surface area contributed by atoms with Gasteiger partial charge in [-0.1, -0.05) is 12.1 Å². The van der Waals surface area contributed by atoms with Gasteiger partial charge in [-0.15, -0.1) is 0 Å². The highest BCUT2D eigenvalue weighted by atomic mass is 16.5. The third kappa shape index (κ3) is 3.31. The number of carbonyl (C=O) groups is 1. The van der Waals surface area contributed by atoms with Gasteiger partial charge in [-0.2, -0.15) is 0 Å². The van der Waals surface area contributed by atoms with Gasteiger partial charge >= 0.3 is 5.97 Å². The predicted molar refractivity (Wildman–Crippen MR) is 78.1 cm³/mol. The van der Waals surface area contributed by atoms with Crippen LogP contribution in [0.3, 0.4) is 0 Å². The van der Waals surface area contributed by atoms with E-state index in [2.05, 4.69) is 17.0 Å².